The van der Waals surface area contributed by atoms with Crippen molar-refractivity contribution in [2.24, 2.45) is 0 Å². The molecule has 1 amide bonds. The third kappa shape index (κ3) is 3.17. The van der Waals surface area contributed by atoms with Gasteiger partial charge in [-0.3, -0.25) is 14.3 Å². The van der Waals surface area contributed by atoms with Gasteiger partial charge in [-0.05, 0) is 30.4 Å². The second kappa shape index (κ2) is 6.51. The van der Waals surface area contributed by atoms with E-state index in [0.29, 0.717) is 12.1 Å². The zero-order chi connectivity index (χ0) is 17.2. The number of hydrogen-bond donors (Lipinski definition) is 1. The first-order chi connectivity index (χ1) is 12.2. The van der Waals surface area contributed by atoms with Crippen molar-refractivity contribution < 1.29 is 4.79 Å². The number of amides is 1. The van der Waals surface area contributed by atoms with Gasteiger partial charge in [0.2, 0.25) is 5.91 Å². The van der Waals surface area contributed by atoms with Gasteiger partial charge in [-0.25, -0.2) is 0 Å². The summed E-state index contributed by atoms with van der Waals surface area (Å²) >= 11 is 0. The molecule has 1 saturated heterocycles. The molecule has 2 aromatic heterocycles. The maximum atomic E-state index is 12.8. The maximum absolute atomic E-state index is 12.8. The van der Waals surface area contributed by atoms with E-state index >= 15 is 0 Å². The lowest BCUT2D eigenvalue weighted by molar-refractivity contribution is -0.131. The van der Waals surface area contributed by atoms with E-state index in [-0.39, 0.29) is 23.9 Å². The van der Waals surface area contributed by atoms with Crippen molar-refractivity contribution in [2.45, 2.75) is 31.8 Å². The lowest BCUT2D eigenvalue weighted by Gasteiger charge is -2.24. The normalized spacial score (nSPS) is 17.3. The van der Waals surface area contributed by atoms with Crippen LogP contribution in [0.3, 0.4) is 0 Å². The van der Waals surface area contributed by atoms with E-state index in [1.165, 1.54) is 0 Å². The summed E-state index contributed by atoms with van der Waals surface area (Å²) in [5, 5.41) is 8.72. The van der Waals surface area contributed by atoms with Crippen LogP contribution in [0.4, 0.5) is 0 Å². The number of carbonyl (C=O) groups is 1. The van der Waals surface area contributed by atoms with E-state index in [1.807, 2.05) is 35.2 Å². The smallest absolute Gasteiger partial charge is 0.252 e. The molecule has 1 atom stereocenters. The molecule has 4 rings (SSSR count). The molecule has 0 saturated carbocycles. The van der Waals surface area contributed by atoms with Gasteiger partial charge in [-0.15, -0.1) is 5.10 Å². The number of fused-ring (bicyclic) bond motifs is 1. The first-order valence-corrected chi connectivity index (χ1v) is 8.45. The molecule has 0 radical (unpaired) electrons. The number of aromatic amines is 1. The molecule has 0 unspecified atom stereocenters. The Labute approximate surface area is 144 Å². The molecular weight excluding hydrogens is 318 g/mol. The van der Waals surface area contributed by atoms with E-state index < -0.39 is 0 Å². The molecule has 3 heterocycles. The molecule has 128 valence electrons. The highest BCUT2D eigenvalue weighted by Gasteiger charge is 2.29. The van der Waals surface area contributed by atoms with Crippen molar-refractivity contribution in [3.63, 3.8) is 0 Å². The average Bonchev–Trinajstić information content (AvgIpc) is 3.28. The SMILES string of the molecule is O=C(Cc1cc2ccccc2[nH]c1=O)N1CCC[C@H]1Cn1ccnn1. The number of aromatic nitrogens is 4. The second-order valence-electron chi connectivity index (χ2n) is 6.40. The van der Waals surface area contributed by atoms with Crippen molar-refractivity contribution in [1.29, 1.82) is 0 Å². The predicted molar refractivity (Wildman–Crippen MR) is 93.0 cm³/mol. The number of hydrogen-bond acceptors (Lipinski definition) is 4. The minimum absolute atomic E-state index is 0.0107. The Kier molecular flexibility index (Phi) is 4.05. The Morgan fingerprint density at radius 1 is 1.32 bits per heavy atom. The number of nitrogens with one attached hydrogen (secondary N) is 1. The van der Waals surface area contributed by atoms with E-state index in [0.717, 1.165) is 30.3 Å². The molecule has 0 bridgehead atoms. The predicted octanol–water partition coefficient (Wildman–Crippen LogP) is 1.35. The molecule has 1 aliphatic rings. The van der Waals surface area contributed by atoms with E-state index in [2.05, 4.69) is 15.3 Å². The number of rotatable bonds is 4. The third-order valence-electron chi connectivity index (χ3n) is 4.74. The van der Waals surface area contributed by atoms with Gasteiger partial charge in [0.25, 0.3) is 5.56 Å². The highest BCUT2D eigenvalue weighted by atomic mass is 16.2. The van der Waals surface area contributed by atoms with E-state index in [9.17, 15) is 9.59 Å². The van der Waals surface area contributed by atoms with Gasteiger partial charge in [-0.1, -0.05) is 23.4 Å². The zero-order valence-electron chi connectivity index (χ0n) is 13.8. The summed E-state index contributed by atoms with van der Waals surface area (Å²) in [5.74, 6) is -0.0107. The number of likely N-dealkylation sites (tertiary alicyclic amines) is 1. The van der Waals surface area contributed by atoms with Crippen molar-refractivity contribution in [2.75, 3.05) is 6.54 Å². The molecular formula is C18H19N5O2. The second-order valence-corrected chi connectivity index (χ2v) is 6.40. The number of nitrogens with zero attached hydrogens (tertiary/aromatic N) is 4. The van der Waals surface area contributed by atoms with Gasteiger partial charge in [-0.2, -0.15) is 0 Å². The molecule has 7 nitrogen and oxygen atoms in total. The summed E-state index contributed by atoms with van der Waals surface area (Å²) in [4.78, 5) is 29.8. The Bertz CT molecular complexity index is 948. The van der Waals surface area contributed by atoms with Crippen LogP contribution >= 0.6 is 0 Å². The summed E-state index contributed by atoms with van der Waals surface area (Å²) in [6.07, 6.45) is 5.47. The summed E-state index contributed by atoms with van der Waals surface area (Å²) in [7, 11) is 0. The van der Waals surface area contributed by atoms with Crippen molar-refractivity contribution in [1.82, 2.24) is 24.9 Å². The van der Waals surface area contributed by atoms with Crippen LogP contribution in [-0.4, -0.2) is 43.4 Å². The van der Waals surface area contributed by atoms with Crippen molar-refractivity contribution in [3.8, 4) is 0 Å². The zero-order valence-corrected chi connectivity index (χ0v) is 13.8. The van der Waals surface area contributed by atoms with Gasteiger partial charge in [0.15, 0.2) is 0 Å². The molecule has 0 spiro atoms. The summed E-state index contributed by atoms with van der Waals surface area (Å²) in [6, 6.07) is 9.51. The van der Waals surface area contributed by atoms with Gasteiger partial charge >= 0.3 is 0 Å². The van der Waals surface area contributed by atoms with E-state index in [1.54, 1.807) is 17.1 Å². The number of H-pyrrole nitrogens is 1. The number of pyridine rings is 1. The lowest BCUT2D eigenvalue weighted by atomic mass is 10.1. The first-order valence-electron chi connectivity index (χ1n) is 8.45. The van der Waals surface area contributed by atoms with Gasteiger partial charge in [0, 0.05) is 23.8 Å². The molecule has 1 aliphatic heterocycles. The fraction of sp³-hybridized carbons (Fsp3) is 0.333. The Balaban J connectivity index is 1.53. The van der Waals surface area contributed by atoms with Gasteiger partial charge in [0.05, 0.1) is 25.2 Å². The molecule has 1 N–H and O–H groups in total. The summed E-state index contributed by atoms with van der Waals surface area (Å²) < 4.78 is 1.75. The van der Waals surface area contributed by atoms with Gasteiger partial charge in [0.1, 0.15) is 0 Å². The van der Waals surface area contributed by atoms with Crippen molar-refractivity contribution >= 4 is 16.8 Å². The topological polar surface area (TPSA) is 83.9 Å². The largest absolute Gasteiger partial charge is 0.338 e. The van der Waals surface area contributed by atoms with Crippen LogP contribution in [0.2, 0.25) is 0 Å². The first kappa shape index (κ1) is 15.6. The van der Waals surface area contributed by atoms with Crippen LogP contribution in [0.25, 0.3) is 10.9 Å². The molecule has 7 heteroatoms. The van der Waals surface area contributed by atoms with Crippen LogP contribution in [0, 0.1) is 0 Å². The standard InChI is InChI=1S/C18H19N5O2/c24-17(23-8-3-5-15(23)12-22-9-7-19-21-22)11-14-10-13-4-1-2-6-16(13)20-18(14)25/h1-2,4,6-7,9-10,15H,3,5,8,11-12H2,(H,20,25)/t15-/m0/s1. The quantitative estimate of drug-likeness (QED) is 0.779. The molecule has 1 aromatic carbocycles. The minimum Gasteiger partial charge on any atom is -0.338 e. The van der Waals surface area contributed by atoms with Crippen LogP contribution < -0.4 is 5.56 Å². The number of para-hydroxylation sites is 1. The lowest BCUT2D eigenvalue weighted by Crippen LogP contribution is -2.39. The van der Waals surface area contributed by atoms with Crippen LogP contribution in [0.15, 0.2) is 47.5 Å². The van der Waals surface area contributed by atoms with Crippen LogP contribution in [-0.2, 0) is 17.8 Å². The highest BCUT2D eigenvalue weighted by molar-refractivity contribution is 5.83. The van der Waals surface area contributed by atoms with Crippen LogP contribution in [0.1, 0.15) is 18.4 Å². The fourth-order valence-electron chi connectivity index (χ4n) is 3.49. The van der Waals surface area contributed by atoms with Crippen molar-refractivity contribution in [3.05, 3.63) is 58.6 Å². The molecule has 1 fully saturated rings. The Morgan fingerprint density at radius 2 is 2.20 bits per heavy atom. The third-order valence-corrected chi connectivity index (χ3v) is 4.74. The molecule has 25 heavy (non-hydrogen) atoms. The number of benzene rings is 1. The highest BCUT2D eigenvalue weighted by Crippen LogP contribution is 2.20. The maximum Gasteiger partial charge on any atom is 0.252 e. The molecule has 0 aliphatic carbocycles. The Hall–Kier alpha value is -2.96. The fourth-order valence-corrected chi connectivity index (χ4v) is 3.49. The molecule has 3 aromatic rings. The minimum atomic E-state index is -0.195. The van der Waals surface area contributed by atoms with Crippen LogP contribution in [0.5, 0.6) is 0 Å². The Morgan fingerprint density at radius 3 is 3.04 bits per heavy atom. The number of carbonyl (C=O) groups excluding carboxylic acids is 1. The summed E-state index contributed by atoms with van der Waals surface area (Å²) in [5.41, 5.74) is 1.10. The monoisotopic (exact) mass is 337 g/mol. The van der Waals surface area contributed by atoms with E-state index in [4.69, 9.17) is 0 Å². The van der Waals surface area contributed by atoms with Gasteiger partial charge < -0.3 is 9.88 Å². The summed E-state index contributed by atoms with van der Waals surface area (Å²) in [6.45, 7) is 1.36. The average molecular weight is 337 g/mol.